The molecule has 1 N–H and O–H groups in total. The number of carbonyl (C=O) groups is 2. The van der Waals surface area contributed by atoms with Gasteiger partial charge in [-0.3, -0.25) is 9.59 Å². The summed E-state index contributed by atoms with van der Waals surface area (Å²) in [4.78, 5) is 30.6. The molecule has 142 valence electrons. The van der Waals surface area contributed by atoms with Crippen LogP contribution in [0.25, 0.3) is 0 Å². The van der Waals surface area contributed by atoms with Crippen LogP contribution in [0.2, 0.25) is 0 Å². The Morgan fingerprint density at radius 1 is 0.960 bits per heavy atom. The van der Waals surface area contributed by atoms with Gasteiger partial charge in [0.25, 0.3) is 0 Å². The second kappa shape index (κ2) is 8.49. The Bertz CT molecular complexity index is 469. The van der Waals surface area contributed by atoms with E-state index in [4.69, 9.17) is 0 Å². The van der Waals surface area contributed by atoms with E-state index in [9.17, 15) is 14.7 Å². The van der Waals surface area contributed by atoms with E-state index in [1.165, 1.54) is 12.8 Å². The minimum atomic E-state index is -0.637. The zero-order valence-corrected chi connectivity index (χ0v) is 15.4. The van der Waals surface area contributed by atoms with Crippen LogP contribution in [0.15, 0.2) is 0 Å². The van der Waals surface area contributed by atoms with Gasteiger partial charge in [-0.1, -0.05) is 6.42 Å². The summed E-state index contributed by atoms with van der Waals surface area (Å²) in [6.07, 6.45) is 7.97. The number of nitrogens with zero attached hydrogens (tertiary/aromatic N) is 3. The molecule has 0 atom stereocenters. The Kier molecular flexibility index (Phi) is 6.34. The summed E-state index contributed by atoms with van der Waals surface area (Å²) in [5.41, 5.74) is -0.637. The molecule has 25 heavy (non-hydrogen) atoms. The van der Waals surface area contributed by atoms with Crippen molar-refractivity contribution in [3.63, 3.8) is 0 Å². The van der Waals surface area contributed by atoms with Crippen molar-refractivity contribution in [2.75, 3.05) is 45.8 Å². The SMILES string of the molecule is O=C1CCCCCN1CCC(=O)N1CCC(O)(CN2CCCC2)CC1. The summed E-state index contributed by atoms with van der Waals surface area (Å²) in [6, 6.07) is 0. The second-order valence-corrected chi connectivity index (χ2v) is 8.03. The largest absolute Gasteiger partial charge is 0.388 e. The fourth-order valence-corrected chi connectivity index (χ4v) is 4.35. The van der Waals surface area contributed by atoms with Gasteiger partial charge >= 0.3 is 0 Å². The summed E-state index contributed by atoms with van der Waals surface area (Å²) in [5, 5.41) is 10.8. The number of amides is 2. The highest BCUT2D eigenvalue weighted by Crippen LogP contribution is 2.25. The van der Waals surface area contributed by atoms with Crippen LogP contribution in [0.5, 0.6) is 0 Å². The maximum absolute atomic E-state index is 12.5. The molecule has 3 fully saturated rings. The highest BCUT2D eigenvalue weighted by atomic mass is 16.3. The molecule has 0 aromatic rings. The van der Waals surface area contributed by atoms with Crippen LogP contribution < -0.4 is 0 Å². The van der Waals surface area contributed by atoms with Crippen molar-refractivity contribution in [3.8, 4) is 0 Å². The van der Waals surface area contributed by atoms with E-state index in [2.05, 4.69) is 4.90 Å². The van der Waals surface area contributed by atoms with Gasteiger partial charge in [-0.25, -0.2) is 0 Å². The van der Waals surface area contributed by atoms with Crippen molar-refractivity contribution in [3.05, 3.63) is 0 Å². The predicted molar refractivity (Wildman–Crippen MR) is 96.1 cm³/mol. The Morgan fingerprint density at radius 3 is 2.36 bits per heavy atom. The van der Waals surface area contributed by atoms with Gasteiger partial charge < -0.3 is 19.8 Å². The molecule has 0 spiro atoms. The van der Waals surface area contributed by atoms with Gasteiger partial charge in [-0.05, 0) is 51.6 Å². The maximum Gasteiger partial charge on any atom is 0.224 e. The molecule has 3 aliphatic heterocycles. The number of hydrogen-bond donors (Lipinski definition) is 1. The maximum atomic E-state index is 12.5. The van der Waals surface area contributed by atoms with Crippen LogP contribution >= 0.6 is 0 Å². The van der Waals surface area contributed by atoms with Gasteiger partial charge in [0.15, 0.2) is 0 Å². The average molecular weight is 351 g/mol. The normalized spacial score (nSPS) is 25.2. The first-order valence-electron chi connectivity index (χ1n) is 10.1. The van der Waals surface area contributed by atoms with Gasteiger partial charge in [0.2, 0.25) is 11.8 Å². The summed E-state index contributed by atoms with van der Waals surface area (Å²) in [5.74, 6) is 0.323. The molecule has 0 bridgehead atoms. The topological polar surface area (TPSA) is 64.1 Å². The lowest BCUT2D eigenvalue weighted by atomic mass is 9.90. The van der Waals surface area contributed by atoms with Crippen molar-refractivity contribution < 1.29 is 14.7 Å². The Balaban J connectivity index is 1.41. The molecule has 0 aromatic heterocycles. The third-order valence-corrected chi connectivity index (χ3v) is 6.03. The third-order valence-electron chi connectivity index (χ3n) is 6.03. The molecule has 3 heterocycles. The van der Waals surface area contributed by atoms with E-state index in [1.54, 1.807) is 0 Å². The van der Waals surface area contributed by atoms with Crippen molar-refractivity contribution in [1.29, 1.82) is 0 Å². The zero-order chi connectivity index (χ0) is 17.7. The highest BCUT2D eigenvalue weighted by molar-refractivity contribution is 5.79. The van der Waals surface area contributed by atoms with Crippen LogP contribution in [0.1, 0.15) is 57.8 Å². The minimum Gasteiger partial charge on any atom is -0.388 e. The molecule has 0 saturated carbocycles. The second-order valence-electron chi connectivity index (χ2n) is 8.03. The monoisotopic (exact) mass is 351 g/mol. The van der Waals surface area contributed by atoms with Gasteiger partial charge in [-0.2, -0.15) is 0 Å². The van der Waals surface area contributed by atoms with E-state index >= 15 is 0 Å². The molecule has 0 unspecified atom stereocenters. The Hall–Kier alpha value is -1.14. The molecule has 6 heteroatoms. The van der Waals surface area contributed by atoms with Crippen molar-refractivity contribution >= 4 is 11.8 Å². The quantitative estimate of drug-likeness (QED) is 0.809. The molecule has 3 saturated heterocycles. The van der Waals surface area contributed by atoms with E-state index in [1.807, 2.05) is 9.80 Å². The first kappa shape index (κ1) is 18.6. The van der Waals surface area contributed by atoms with Crippen LogP contribution in [0, 0.1) is 0 Å². The number of aliphatic hydroxyl groups is 1. The molecule has 2 amide bonds. The van der Waals surface area contributed by atoms with Crippen LogP contribution in [0.3, 0.4) is 0 Å². The summed E-state index contributed by atoms with van der Waals surface area (Å²) < 4.78 is 0. The first-order chi connectivity index (χ1) is 12.1. The number of likely N-dealkylation sites (tertiary alicyclic amines) is 3. The molecule has 0 aromatic carbocycles. The minimum absolute atomic E-state index is 0.125. The van der Waals surface area contributed by atoms with Gasteiger partial charge in [0.05, 0.1) is 5.60 Å². The van der Waals surface area contributed by atoms with Crippen LogP contribution in [-0.2, 0) is 9.59 Å². The standard InChI is InChI=1S/C19H33N3O3/c23-17-6-2-1-3-12-21(17)13-7-18(24)22-14-8-19(25,9-15-22)16-20-10-4-5-11-20/h25H,1-16H2. The first-order valence-corrected chi connectivity index (χ1v) is 10.1. The van der Waals surface area contributed by atoms with Crippen molar-refractivity contribution in [1.82, 2.24) is 14.7 Å². The van der Waals surface area contributed by atoms with E-state index in [0.29, 0.717) is 45.3 Å². The number of hydrogen-bond acceptors (Lipinski definition) is 4. The van der Waals surface area contributed by atoms with Crippen LogP contribution in [0.4, 0.5) is 0 Å². The summed E-state index contributed by atoms with van der Waals surface area (Å²) >= 11 is 0. The molecular formula is C19H33N3O3. The number of carbonyl (C=O) groups excluding carboxylic acids is 2. The molecule has 6 nitrogen and oxygen atoms in total. The van der Waals surface area contributed by atoms with Crippen molar-refractivity contribution in [2.45, 2.75) is 63.4 Å². The van der Waals surface area contributed by atoms with E-state index in [0.717, 1.165) is 45.4 Å². The lowest BCUT2D eigenvalue weighted by Crippen LogP contribution is -2.52. The molecule has 3 aliphatic rings. The highest BCUT2D eigenvalue weighted by Gasteiger charge is 2.36. The number of β-amino-alcohol motifs (C(OH)–C–C–N with tert-alkyl or cyclic N) is 1. The summed E-state index contributed by atoms with van der Waals surface area (Å²) in [7, 11) is 0. The smallest absolute Gasteiger partial charge is 0.224 e. The number of rotatable bonds is 5. The molecular weight excluding hydrogens is 318 g/mol. The lowest BCUT2D eigenvalue weighted by molar-refractivity contribution is -0.137. The average Bonchev–Trinajstić information content (AvgIpc) is 3.00. The van der Waals surface area contributed by atoms with E-state index < -0.39 is 5.60 Å². The fourth-order valence-electron chi connectivity index (χ4n) is 4.35. The molecule has 0 aliphatic carbocycles. The van der Waals surface area contributed by atoms with Gasteiger partial charge in [0, 0.05) is 45.6 Å². The number of piperidine rings is 1. The molecule has 0 radical (unpaired) electrons. The Morgan fingerprint density at radius 2 is 1.64 bits per heavy atom. The predicted octanol–water partition coefficient (Wildman–Crippen LogP) is 1.23. The molecule has 3 rings (SSSR count). The Labute approximate surface area is 151 Å². The third kappa shape index (κ3) is 5.17. The van der Waals surface area contributed by atoms with E-state index in [-0.39, 0.29) is 11.8 Å². The van der Waals surface area contributed by atoms with Crippen molar-refractivity contribution in [2.24, 2.45) is 0 Å². The lowest BCUT2D eigenvalue weighted by Gasteiger charge is -2.40. The zero-order valence-electron chi connectivity index (χ0n) is 15.4. The van der Waals surface area contributed by atoms with Gasteiger partial charge in [0.1, 0.15) is 0 Å². The van der Waals surface area contributed by atoms with Crippen LogP contribution in [-0.4, -0.2) is 83.0 Å². The van der Waals surface area contributed by atoms with Gasteiger partial charge in [-0.15, -0.1) is 0 Å². The summed E-state index contributed by atoms with van der Waals surface area (Å²) in [6.45, 7) is 5.54. The fraction of sp³-hybridized carbons (Fsp3) is 0.895.